The Hall–Kier alpha value is -2.52. The van der Waals surface area contributed by atoms with E-state index in [4.69, 9.17) is 0 Å². The number of nitrogens with one attached hydrogen (secondary N) is 1. The Morgan fingerprint density at radius 1 is 0.667 bits per heavy atom. The minimum atomic E-state index is -0.237. The molecule has 0 aliphatic rings. The Labute approximate surface area is 160 Å². The van der Waals surface area contributed by atoms with Gasteiger partial charge in [0.2, 0.25) is 0 Å². The fourth-order valence-electron chi connectivity index (χ4n) is 3.35. The molecule has 1 N–H and O–H groups in total. The van der Waals surface area contributed by atoms with E-state index in [1.54, 1.807) is 0 Å². The lowest BCUT2D eigenvalue weighted by Crippen LogP contribution is -2.19. The zero-order valence-corrected chi connectivity index (χ0v) is 15.4. The van der Waals surface area contributed by atoms with Crippen molar-refractivity contribution in [3.05, 3.63) is 107 Å². The lowest BCUT2D eigenvalue weighted by molar-refractivity contribution is 0.589. The van der Waals surface area contributed by atoms with E-state index in [2.05, 4.69) is 29.6 Å². The highest BCUT2D eigenvalue weighted by atomic mass is 19.1. The first-order chi connectivity index (χ1) is 13.2. The van der Waals surface area contributed by atoms with Crippen LogP contribution in [0.5, 0.6) is 0 Å². The van der Waals surface area contributed by atoms with Gasteiger partial charge in [0.1, 0.15) is 11.6 Å². The molecule has 0 aromatic heterocycles. The highest BCUT2D eigenvalue weighted by Gasteiger charge is 2.14. The Balaban J connectivity index is 1.54. The monoisotopic (exact) mass is 365 g/mol. The molecule has 0 amide bonds. The van der Waals surface area contributed by atoms with Crippen LogP contribution in [0.4, 0.5) is 8.78 Å². The van der Waals surface area contributed by atoms with Crippen LogP contribution in [0.2, 0.25) is 0 Å². The maximum Gasteiger partial charge on any atom is 0.123 e. The second-order valence-electron chi connectivity index (χ2n) is 6.78. The van der Waals surface area contributed by atoms with Crippen LogP contribution >= 0.6 is 0 Å². The molecule has 3 aromatic carbocycles. The Morgan fingerprint density at radius 2 is 1.22 bits per heavy atom. The van der Waals surface area contributed by atoms with Crippen molar-refractivity contribution in [2.75, 3.05) is 13.1 Å². The van der Waals surface area contributed by atoms with E-state index in [9.17, 15) is 8.78 Å². The predicted octanol–water partition coefficient (Wildman–Crippen LogP) is 5.71. The van der Waals surface area contributed by atoms with Crippen LogP contribution in [0.25, 0.3) is 0 Å². The van der Waals surface area contributed by atoms with Crippen LogP contribution in [0.15, 0.2) is 78.9 Å². The van der Waals surface area contributed by atoms with Gasteiger partial charge in [-0.15, -0.1) is 0 Å². The van der Waals surface area contributed by atoms with Gasteiger partial charge in [-0.25, -0.2) is 8.78 Å². The average molecular weight is 365 g/mol. The lowest BCUT2D eigenvalue weighted by atomic mass is 9.87. The zero-order valence-electron chi connectivity index (χ0n) is 15.4. The molecule has 0 bridgehead atoms. The van der Waals surface area contributed by atoms with Crippen LogP contribution in [0, 0.1) is 11.6 Å². The van der Waals surface area contributed by atoms with Crippen LogP contribution in [-0.4, -0.2) is 13.1 Å². The van der Waals surface area contributed by atoms with Gasteiger partial charge < -0.3 is 5.32 Å². The summed E-state index contributed by atoms with van der Waals surface area (Å²) >= 11 is 0. The molecule has 140 valence electrons. The fraction of sp³-hybridized carbons (Fsp3) is 0.250. The molecule has 3 rings (SSSR count). The van der Waals surface area contributed by atoms with Gasteiger partial charge in [0, 0.05) is 5.92 Å². The summed E-state index contributed by atoms with van der Waals surface area (Å²) < 4.78 is 26.6. The Kier molecular flexibility index (Phi) is 7.11. The molecule has 0 spiro atoms. The smallest absolute Gasteiger partial charge is 0.123 e. The summed E-state index contributed by atoms with van der Waals surface area (Å²) in [5.74, 6) is -0.333. The average Bonchev–Trinajstić information content (AvgIpc) is 2.70. The van der Waals surface area contributed by atoms with E-state index in [0.717, 1.165) is 43.5 Å². The third kappa shape index (κ3) is 6.00. The van der Waals surface area contributed by atoms with Crippen molar-refractivity contribution in [3.63, 3.8) is 0 Å². The maximum atomic E-state index is 13.3. The predicted molar refractivity (Wildman–Crippen MR) is 107 cm³/mol. The standard InChI is InChI=1S/C24H25F2N/c25-22-12-8-20(9-13-22)24(21-10-14-23(26)15-11-21)7-4-17-27-18-16-19-5-2-1-3-6-19/h1-3,5-6,8-15,24,27H,4,7,16-18H2. The van der Waals surface area contributed by atoms with Crippen molar-refractivity contribution < 1.29 is 8.78 Å². The summed E-state index contributed by atoms with van der Waals surface area (Å²) in [6, 6.07) is 23.7. The first-order valence-electron chi connectivity index (χ1n) is 9.48. The summed E-state index contributed by atoms with van der Waals surface area (Å²) in [4.78, 5) is 0. The Bertz CT molecular complexity index is 753. The molecule has 0 unspecified atom stereocenters. The second kappa shape index (κ2) is 9.98. The quantitative estimate of drug-likeness (QED) is 0.479. The van der Waals surface area contributed by atoms with Crippen LogP contribution < -0.4 is 5.32 Å². The summed E-state index contributed by atoms with van der Waals surface area (Å²) in [5, 5.41) is 3.49. The Morgan fingerprint density at radius 3 is 1.78 bits per heavy atom. The number of hydrogen-bond acceptors (Lipinski definition) is 1. The van der Waals surface area contributed by atoms with Crippen LogP contribution in [0.1, 0.15) is 35.4 Å². The van der Waals surface area contributed by atoms with Crippen molar-refractivity contribution >= 4 is 0 Å². The molecule has 0 fully saturated rings. The molecule has 0 saturated heterocycles. The van der Waals surface area contributed by atoms with E-state index in [-0.39, 0.29) is 17.6 Å². The first kappa shape index (κ1) is 19.2. The molecule has 0 atom stereocenters. The molecule has 0 heterocycles. The van der Waals surface area contributed by atoms with Gasteiger partial charge in [-0.2, -0.15) is 0 Å². The molecule has 0 aliphatic carbocycles. The summed E-state index contributed by atoms with van der Waals surface area (Å²) in [7, 11) is 0. The van der Waals surface area contributed by atoms with Crippen molar-refractivity contribution in [1.29, 1.82) is 0 Å². The van der Waals surface area contributed by atoms with Gasteiger partial charge in [-0.05, 0) is 73.3 Å². The normalized spacial score (nSPS) is 11.1. The second-order valence-corrected chi connectivity index (χ2v) is 6.78. The molecule has 27 heavy (non-hydrogen) atoms. The number of rotatable bonds is 9. The molecule has 3 aromatic rings. The van der Waals surface area contributed by atoms with Crippen molar-refractivity contribution in [2.24, 2.45) is 0 Å². The zero-order chi connectivity index (χ0) is 18.9. The number of hydrogen-bond donors (Lipinski definition) is 1. The van der Waals surface area contributed by atoms with E-state index in [0.29, 0.717) is 0 Å². The van der Waals surface area contributed by atoms with Gasteiger partial charge in [0.05, 0.1) is 0 Å². The van der Waals surface area contributed by atoms with Gasteiger partial charge in [-0.1, -0.05) is 54.6 Å². The summed E-state index contributed by atoms with van der Waals surface area (Å²) in [5.41, 5.74) is 3.46. The third-order valence-corrected chi connectivity index (χ3v) is 4.82. The van der Waals surface area contributed by atoms with Crippen LogP contribution in [-0.2, 0) is 6.42 Å². The minimum Gasteiger partial charge on any atom is -0.316 e. The van der Waals surface area contributed by atoms with E-state index in [1.165, 1.54) is 29.8 Å². The summed E-state index contributed by atoms with van der Waals surface area (Å²) in [6.07, 6.45) is 2.93. The number of halogens is 2. The molecule has 1 nitrogen and oxygen atoms in total. The molecular weight excluding hydrogens is 340 g/mol. The SMILES string of the molecule is Fc1ccc(C(CCCNCCc2ccccc2)c2ccc(F)cc2)cc1. The minimum absolute atomic E-state index is 0.141. The van der Waals surface area contributed by atoms with E-state index < -0.39 is 0 Å². The van der Waals surface area contributed by atoms with Gasteiger partial charge in [0.15, 0.2) is 0 Å². The molecular formula is C24H25F2N. The van der Waals surface area contributed by atoms with Crippen molar-refractivity contribution in [1.82, 2.24) is 5.32 Å². The summed E-state index contributed by atoms with van der Waals surface area (Å²) in [6.45, 7) is 1.87. The largest absolute Gasteiger partial charge is 0.316 e. The third-order valence-electron chi connectivity index (χ3n) is 4.82. The van der Waals surface area contributed by atoms with Gasteiger partial charge in [-0.3, -0.25) is 0 Å². The molecule has 0 radical (unpaired) electrons. The highest BCUT2D eigenvalue weighted by Crippen LogP contribution is 2.29. The highest BCUT2D eigenvalue weighted by molar-refractivity contribution is 5.32. The van der Waals surface area contributed by atoms with E-state index in [1.807, 2.05) is 30.3 Å². The van der Waals surface area contributed by atoms with Gasteiger partial charge in [0.25, 0.3) is 0 Å². The fourth-order valence-corrected chi connectivity index (χ4v) is 3.35. The van der Waals surface area contributed by atoms with E-state index >= 15 is 0 Å². The molecule has 0 aliphatic heterocycles. The van der Waals surface area contributed by atoms with Crippen LogP contribution in [0.3, 0.4) is 0 Å². The maximum absolute atomic E-state index is 13.3. The topological polar surface area (TPSA) is 12.0 Å². The van der Waals surface area contributed by atoms with Gasteiger partial charge >= 0.3 is 0 Å². The molecule has 3 heteroatoms. The molecule has 0 saturated carbocycles. The lowest BCUT2D eigenvalue weighted by Gasteiger charge is -2.18. The first-order valence-corrected chi connectivity index (χ1v) is 9.48. The number of benzene rings is 3. The van der Waals surface area contributed by atoms with Crippen molar-refractivity contribution in [2.45, 2.75) is 25.2 Å². The van der Waals surface area contributed by atoms with Crippen molar-refractivity contribution in [3.8, 4) is 0 Å².